The minimum absolute atomic E-state index is 0.453. The zero-order valence-corrected chi connectivity index (χ0v) is 14.9. The SMILES string of the molecule is O=C1C=C[C@H](OC(=O)C=Cc2ccccc2)[C@H]([C@H](O)[C@H](O)c2ccccc2)O1. The number of carbonyl (C=O) groups is 2. The van der Waals surface area contributed by atoms with Crippen molar-refractivity contribution < 1.29 is 29.3 Å². The van der Waals surface area contributed by atoms with Crippen LogP contribution in [0, 0.1) is 0 Å². The number of esters is 2. The Morgan fingerprint density at radius 2 is 1.68 bits per heavy atom. The largest absolute Gasteiger partial charge is 0.452 e. The lowest BCUT2D eigenvalue weighted by molar-refractivity contribution is -0.176. The minimum atomic E-state index is -1.48. The summed E-state index contributed by atoms with van der Waals surface area (Å²) in [6.45, 7) is 0. The molecule has 2 aromatic rings. The maximum absolute atomic E-state index is 12.1. The molecule has 0 saturated carbocycles. The number of hydrogen-bond acceptors (Lipinski definition) is 6. The van der Waals surface area contributed by atoms with Gasteiger partial charge in [-0.15, -0.1) is 0 Å². The van der Waals surface area contributed by atoms with Crippen LogP contribution in [0.1, 0.15) is 17.2 Å². The van der Waals surface area contributed by atoms with E-state index in [0.29, 0.717) is 5.56 Å². The van der Waals surface area contributed by atoms with Crippen molar-refractivity contribution in [1.82, 2.24) is 0 Å². The van der Waals surface area contributed by atoms with E-state index in [-0.39, 0.29) is 0 Å². The van der Waals surface area contributed by atoms with Crippen LogP contribution in [0.15, 0.2) is 78.9 Å². The molecule has 0 spiro atoms. The van der Waals surface area contributed by atoms with Gasteiger partial charge >= 0.3 is 11.9 Å². The molecule has 0 aromatic heterocycles. The highest BCUT2D eigenvalue weighted by Gasteiger charge is 2.39. The van der Waals surface area contributed by atoms with E-state index in [9.17, 15) is 19.8 Å². The molecule has 2 N–H and O–H groups in total. The van der Waals surface area contributed by atoms with E-state index in [2.05, 4.69) is 0 Å². The van der Waals surface area contributed by atoms with Crippen molar-refractivity contribution in [3.63, 3.8) is 0 Å². The van der Waals surface area contributed by atoms with Gasteiger partial charge in [0.2, 0.25) is 0 Å². The fourth-order valence-electron chi connectivity index (χ4n) is 2.82. The zero-order valence-electron chi connectivity index (χ0n) is 14.9. The highest BCUT2D eigenvalue weighted by molar-refractivity contribution is 5.88. The average molecular weight is 380 g/mol. The van der Waals surface area contributed by atoms with Gasteiger partial charge in [0.15, 0.2) is 12.2 Å². The first kappa shape index (κ1) is 19.5. The molecular formula is C22H20O6. The normalized spacial score (nSPS) is 21.1. The quantitative estimate of drug-likeness (QED) is 0.589. The summed E-state index contributed by atoms with van der Waals surface area (Å²) in [4.78, 5) is 23.8. The number of carbonyl (C=O) groups excluding carboxylic acids is 2. The highest BCUT2D eigenvalue weighted by atomic mass is 16.6. The van der Waals surface area contributed by atoms with Crippen molar-refractivity contribution in [2.24, 2.45) is 0 Å². The molecule has 1 heterocycles. The van der Waals surface area contributed by atoms with Crippen molar-refractivity contribution in [2.75, 3.05) is 0 Å². The number of aliphatic hydroxyl groups excluding tert-OH is 2. The third-order valence-corrected chi connectivity index (χ3v) is 4.26. The molecule has 28 heavy (non-hydrogen) atoms. The molecule has 0 unspecified atom stereocenters. The summed E-state index contributed by atoms with van der Waals surface area (Å²) in [5.41, 5.74) is 1.27. The van der Waals surface area contributed by atoms with Crippen molar-refractivity contribution in [3.8, 4) is 0 Å². The van der Waals surface area contributed by atoms with Gasteiger partial charge in [0.05, 0.1) is 0 Å². The second-order valence-electron chi connectivity index (χ2n) is 6.25. The third-order valence-electron chi connectivity index (χ3n) is 4.26. The van der Waals surface area contributed by atoms with Crippen LogP contribution < -0.4 is 0 Å². The monoisotopic (exact) mass is 380 g/mol. The second kappa shape index (κ2) is 9.12. The topological polar surface area (TPSA) is 93.1 Å². The first-order chi connectivity index (χ1) is 13.5. The molecular weight excluding hydrogens is 360 g/mol. The van der Waals surface area contributed by atoms with E-state index in [1.165, 1.54) is 12.2 Å². The Morgan fingerprint density at radius 1 is 1.04 bits per heavy atom. The van der Waals surface area contributed by atoms with Crippen LogP contribution in [0.5, 0.6) is 0 Å². The number of rotatable bonds is 6. The lowest BCUT2D eigenvalue weighted by Gasteiger charge is -2.32. The maximum atomic E-state index is 12.1. The van der Waals surface area contributed by atoms with E-state index in [4.69, 9.17) is 9.47 Å². The van der Waals surface area contributed by atoms with Gasteiger partial charge in [-0.2, -0.15) is 0 Å². The van der Waals surface area contributed by atoms with Gasteiger partial charge in [-0.3, -0.25) is 0 Å². The van der Waals surface area contributed by atoms with Crippen molar-refractivity contribution >= 4 is 18.0 Å². The lowest BCUT2D eigenvalue weighted by atomic mass is 9.96. The number of hydrogen-bond donors (Lipinski definition) is 2. The van der Waals surface area contributed by atoms with Crippen LogP contribution in [0.2, 0.25) is 0 Å². The molecule has 4 atom stereocenters. The Morgan fingerprint density at radius 3 is 2.36 bits per heavy atom. The third kappa shape index (κ3) is 4.94. The van der Waals surface area contributed by atoms with E-state index in [1.807, 2.05) is 30.3 Å². The molecule has 0 bridgehead atoms. The maximum Gasteiger partial charge on any atom is 0.331 e. The Bertz CT molecular complexity index is 859. The van der Waals surface area contributed by atoms with Gasteiger partial charge in [0.1, 0.15) is 12.2 Å². The van der Waals surface area contributed by atoms with E-state index in [0.717, 1.165) is 11.6 Å². The first-order valence-electron chi connectivity index (χ1n) is 8.78. The molecule has 0 aliphatic carbocycles. The van der Waals surface area contributed by atoms with Gasteiger partial charge in [0, 0.05) is 12.2 Å². The molecule has 1 aliphatic rings. The summed E-state index contributed by atoms with van der Waals surface area (Å²) in [5.74, 6) is -1.35. The number of aliphatic hydroxyl groups is 2. The summed E-state index contributed by atoms with van der Waals surface area (Å²) in [5, 5.41) is 20.9. The van der Waals surface area contributed by atoms with Crippen molar-refractivity contribution in [1.29, 1.82) is 0 Å². The number of benzene rings is 2. The fourth-order valence-corrected chi connectivity index (χ4v) is 2.82. The van der Waals surface area contributed by atoms with Gasteiger partial charge in [0.25, 0.3) is 0 Å². The first-order valence-corrected chi connectivity index (χ1v) is 8.78. The summed E-state index contributed by atoms with van der Waals surface area (Å²) in [6, 6.07) is 17.7. The van der Waals surface area contributed by atoms with Crippen LogP contribution in [0.25, 0.3) is 6.08 Å². The molecule has 144 valence electrons. The smallest absolute Gasteiger partial charge is 0.331 e. The van der Waals surface area contributed by atoms with E-state index < -0.39 is 36.4 Å². The van der Waals surface area contributed by atoms with Gasteiger partial charge < -0.3 is 19.7 Å². The van der Waals surface area contributed by atoms with Crippen LogP contribution in [0.4, 0.5) is 0 Å². The zero-order chi connectivity index (χ0) is 19.9. The fraction of sp³-hybridized carbons (Fsp3) is 0.182. The summed E-state index contributed by atoms with van der Waals surface area (Å²) >= 11 is 0. The molecule has 3 rings (SSSR count). The summed E-state index contributed by atoms with van der Waals surface area (Å²) in [7, 11) is 0. The van der Waals surface area contributed by atoms with Crippen LogP contribution in [-0.4, -0.2) is 40.5 Å². The van der Waals surface area contributed by atoms with Crippen LogP contribution in [-0.2, 0) is 19.1 Å². The average Bonchev–Trinajstić information content (AvgIpc) is 2.74. The summed E-state index contributed by atoms with van der Waals surface area (Å²) in [6.07, 6.45) is 0.240. The predicted molar refractivity (Wildman–Crippen MR) is 102 cm³/mol. The van der Waals surface area contributed by atoms with Crippen LogP contribution in [0.3, 0.4) is 0 Å². The van der Waals surface area contributed by atoms with Gasteiger partial charge in [-0.1, -0.05) is 60.7 Å². The number of ether oxygens (including phenoxy) is 2. The molecule has 0 fully saturated rings. The number of cyclic esters (lactones) is 1. The second-order valence-corrected chi connectivity index (χ2v) is 6.25. The molecule has 0 amide bonds. The predicted octanol–water partition coefficient (Wildman–Crippen LogP) is 2.19. The van der Waals surface area contributed by atoms with Crippen LogP contribution >= 0.6 is 0 Å². The highest BCUT2D eigenvalue weighted by Crippen LogP contribution is 2.25. The van der Waals surface area contributed by atoms with Gasteiger partial charge in [-0.05, 0) is 23.3 Å². The molecule has 2 aromatic carbocycles. The Balaban J connectivity index is 1.71. The minimum Gasteiger partial charge on any atom is -0.452 e. The molecule has 1 aliphatic heterocycles. The molecule has 6 nitrogen and oxygen atoms in total. The van der Waals surface area contributed by atoms with E-state index in [1.54, 1.807) is 36.4 Å². The Hall–Kier alpha value is -3.22. The Kier molecular flexibility index (Phi) is 6.37. The Labute approximate surface area is 162 Å². The summed E-state index contributed by atoms with van der Waals surface area (Å²) < 4.78 is 10.5. The lowest BCUT2D eigenvalue weighted by Crippen LogP contribution is -2.47. The van der Waals surface area contributed by atoms with Gasteiger partial charge in [-0.25, -0.2) is 9.59 Å². The molecule has 0 radical (unpaired) electrons. The van der Waals surface area contributed by atoms with Crippen molar-refractivity contribution in [3.05, 3.63) is 90.0 Å². The van der Waals surface area contributed by atoms with E-state index >= 15 is 0 Å². The van der Waals surface area contributed by atoms with Crippen molar-refractivity contribution in [2.45, 2.75) is 24.4 Å². The standard InChI is InChI=1S/C22H20O6/c23-18(13-11-15-7-3-1-4-8-15)27-17-12-14-19(24)28-22(17)21(26)20(25)16-9-5-2-6-10-16/h1-14,17,20-22,25-26H/t17-,20+,21+,22+/m0/s1. The molecule has 0 saturated heterocycles. The molecule has 6 heteroatoms.